The van der Waals surface area contributed by atoms with Crippen LogP contribution in [-0.4, -0.2) is 27.4 Å². The normalized spacial score (nSPS) is 18.9. The van der Waals surface area contributed by atoms with Crippen molar-refractivity contribution in [3.05, 3.63) is 27.2 Å². The zero-order valence-corrected chi connectivity index (χ0v) is 12.1. The highest BCUT2D eigenvalue weighted by Gasteiger charge is 2.28. The molecule has 0 amide bonds. The number of benzene rings is 1. The van der Waals surface area contributed by atoms with E-state index in [4.69, 9.17) is 20.5 Å². The highest BCUT2D eigenvalue weighted by Crippen LogP contribution is 2.40. The van der Waals surface area contributed by atoms with Gasteiger partial charge in [-0.15, -0.1) is 0 Å². The molecule has 4 nitrogen and oxygen atoms in total. The van der Waals surface area contributed by atoms with E-state index in [0.29, 0.717) is 17.2 Å². The summed E-state index contributed by atoms with van der Waals surface area (Å²) in [6.45, 7) is -0.00369. The number of rotatable bonds is 3. The van der Waals surface area contributed by atoms with Crippen LogP contribution in [0.5, 0.6) is 5.75 Å². The highest BCUT2D eigenvalue weighted by atomic mass is 79.9. The molecule has 1 aromatic rings. The zero-order chi connectivity index (χ0) is 12.6. The SMILES string of the molecule is CS(=O)(=O)OCC1Cc2c(Br)ccc(Cl)c2O1. The molecule has 0 fully saturated rings. The fourth-order valence-electron chi connectivity index (χ4n) is 1.62. The standard InChI is InChI=1S/C10H10BrClO4S/c1-17(13,14)15-5-6-4-7-8(11)2-3-9(12)10(7)16-6/h2-3,6H,4-5H2,1H3. The quantitative estimate of drug-likeness (QED) is 0.792. The Bertz CT molecular complexity index is 512. The van der Waals surface area contributed by atoms with E-state index in [2.05, 4.69) is 15.9 Å². The monoisotopic (exact) mass is 340 g/mol. The molecular weight excluding hydrogens is 332 g/mol. The van der Waals surface area contributed by atoms with Crippen LogP contribution >= 0.6 is 27.5 Å². The first-order valence-corrected chi connectivity index (χ1v) is 7.83. The molecule has 0 radical (unpaired) electrons. The summed E-state index contributed by atoms with van der Waals surface area (Å²) >= 11 is 9.39. The van der Waals surface area contributed by atoms with Crippen molar-refractivity contribution in [1.82, 2.24) is 0 Å². The third kappa shape index (κ3) is 3.13. The molecule has 0 bridgehead atoms. The molecule has 0 aliphatic carbocycles. The molecule has 94 valence electrons. The molecule has 1 unspecified atom stereocenters. The number of hydrogen-bond donors (Lipinski definition) is 0. The van der Waals surface area contributed by atoms with E-state index >= 15 is 0 Å². The largest absolute Gasteiger partial charge is 0.486 e. The molecular formula is C10H10BrClO4S. The smallest absolute Gasteiger partial charge is 0.264 e. The van der Waals surface area contributed by atoms with Gasteiger partial charge in [0.2, 0.25) is 0 Å². The topological polar surface area (TPSA) is 52.6 Å². The van der Waals surface area contributed by atoms with Crippen molar-refractivity contribution in [2.45, 2.75) is 12.5 Å². The summed E-state index contributed by atoms with van der Waals surface area (Å²) < 4.78 is 32.9. The van der Waals surface area contributed by atoms with Crippen LogP contribution in [0.15, 0.2) is 16.6 Å². The zero-order valence-electron chi connectivity index (χ0n) is 8.94. The Morgan fingerprint density at radius 1 is 1.59 bits per heavy atom. The van der Waals surface area contributed by atoms with Gasteiger partial charge in [0.1, 0.15) is 18.5 Å². The van der Waals surface area contributed by atoms with Gasteiger partial charge < -0.3 is 4.74 Å². The van der Waals surface area contributed by atoms with Crippen molar-refractivity contribution < 1.29 is 17.3 Å². The van der Waals surface area contributed by atoms with Crippen molar-refractivity contribution in [1.29, 1.82) is 0 Å². The fraction of sp³-hybridized carbons (Fsp3) is 0.400. The van der Waals surface area contributed by atoms with Gasteiger partial charge in [0, 0.05) is 16.5 Å². The van der Waals surface area contributed by atoms with Crippen LogP contribution in [0.3, 0.4) is 0 Å². The molecule has 0 saturated heterocycles. The van der Waals surface area contributed by atoms with Gasteiger partial charge in [-0.3, -0.25) is 4.18 Å². The van der Waals surface area contributed by atoms with Gasteiger partial charge in [0.15, 0.2) is 0 Å². The second-order valence-electron chi connectivity index (χ2n) is 3.77. The van der Waals surface area contributed by atoms with E-state index in [1.54, 1.807) is 6.07 Å². The molecule has 1 atom stereocenters. The lowest BCUT2D eigenvalue weighted by atomic mass is 10.1. The molecule has 0 saturated carbocycles. The van der Waals surface area contributed by atoms with E-state index in [0.717, 1.165) is 16.3 Å². The third-order valence-corrected chi connectivity index (χ3v) is 3.94. The van der Waals surface area contributed by atoms with E-state index < -0.39 is 10.1 Å². The molecule has 0 N–H and O–H groups in total. The van der Waals surface area contributed by atoms with Crippen LogP contribution in [0, 0.1) is 0 Å². The van der Waals surface area contributed by atoms with Crippen LogP contribution in [-0.2, 0) is 20.7 Å². The van der Waals surface area contributed by atoms with Crippen LogP contribution in [0.25, 0.3) is 0 Å². The van der Waals surface area contributed by atoms with Crippen LogP contribution in [0.4, 0.5) is 0 Å². The third-order valence-electron chi connectivity index (χ3n) is 2.34. The van der Waals surface area contributed by atoms with Crippen molar-refractivity contribution in [3.63, 3.8) is 0 Å². The summed E-state index contributed by atoms with van der Waals surface area (Å²) in [5.41, 5.74) is 0.944. The van der Waals surface area contributed by atoms with Gasteiger partial charge in [-0.25, -0.2) is 0 Å². The van der Waals surface area contributed by atoms with Crippen LogP contribution in [0.1, 0.15) is 5.56 Å². The fourth-order valence-corrected chi connectivity index (χ4v) is 2.72. The Kier molecular flexibility index (Phi) is 3.68. The van der Waals surface area contributed by atoms with Gasteiger partial charge >= 0.3 is 0 Å². The van der Waals surface area contributed by atoms with Crippen molar-refractivity contribution in [3.8, 4) is 5.75 Å². The van der Waals surface area contributed by atoms with Gasteiger partial charge in [-0.05, 0) is 12.1 Å². The number of hydrogen-bond acceptors (Lipinski definition) is 4. The molecule has 1 aliphatic heterocycles. The Hall–Kier alpha value is -0.300. The minimum atomic E-state index is -3.44. The average molecular weight is 342 g/mol. The van der Waals surface area contributed by atoms with Gasteiger partial charge in [0.25, 0.3) is 10.1 Å². The maximum atomic E-state index is 10.9. The summed E-state index contributed by atoms with van der Waals surface area (Å²) in [7, 11) is -3.44. The molecule has 1 aliphatic rings. The maximum Gasteiger partial charge on any atom is 0.264 e. The Morgan fingerprint density at radius 3 is 2.88 bits per heavy atom. The summed E-state index contributed by atoms with van der Waals surface area (Å²) in [6.07, 6.45) is 1.26. The summed E-state index contributed by atoms with van der Waals surface area (Å²) in [4.78, 5) is 0. The van der Waals surface area contributed by atoms with E-state index in [-0.39, 0.29) is 12.7 Å². The molecule has 0 aromatic heterocycles. The van der Waals surface area contributed by atoms with Gasteiger partial charge in [-0.1, -0.05) is 27.5 Å². The molecule has 2 rings (SSSR count). The molecule has 1 heterocycles. The van der Waals surface area contributed by atoms with E-state index in [1.807, 2.05) is 6.07 Å². The second kappa shape index (κ2) is 4.76. The number of ether oxygens (including phenoxy) is 1. The summed E-state index contributed by atoms with van der Waals surface area (Å²) in [6, 6.07) is 3.56. The van der Waals surface area contributed by atoms with Crippen molar-refractivity contribution in [2.75, 3.05) is 12.9 Å². The number of halogens is 2. The maximum absolute atomic E-state index is 10.9. The average Bonchev–Trinajstić information content (AvgIpc) is 2.65. The Morgan fingerprint density at radius 2 is 2.29 bits per heavy atom. The highest BCUT2D eigenvalue weighted by molar-refractivity contribution is 9.10. The van der Waals surface area contributed by atoms with Gasteiger partial charge in [0.05, 0.1) is 11.3 Å². The molecule has 17 heavy (non-hydrogen) atoms. The first-order chi connectivity index (χ1) is 7.87. The predicted molar refractivity (Wildman–Crippen MR) is 68.1 cm³/mol. The van der Waals surface area contributed by atoms with E-state index in [1.165, 1.54) is 0 Å². The lowest BCUT2D eigenvalue weighted by molar-refractivity contribution is 0.153. The van der Waals surface area contributed by atoms with Crippen molar-refractivity contribution in [2.24, 2.45) is 0 Å². The lowest BCUT2D eigenvalue weighted by Crippen LogP contribution is -2.22. The second-order valence-corrected chi connectivity index (χ2v) is 6.67. The minimum absolute atomic E-state index is 0.00369. The summed E-state index contributed by atoms with van der Waals surface area (Å²) in [5, 5.41) is 0.519. The first-order valence-electron chi connectivity index (χ1n) is 4.85. The summed E-state index contributed by atoms with van der Waals surface area (Å²) in [5.74, 6) is 0.600. The van der Waals surface area contributed by atoms with Crippen LogP contribution in [0.2, 0.25) is 5.02 Å². The van der Waals surface area contributed by atoms with E-state index in [9.17, 15) is 8.42 Å². The van der Waals surface area contributed by atoms with Crippen molar-refractivity contribution >= 4 is 37.6 Å². The van der Waals surface area contributed by atoms with Crippen LogP contribution < -0.4 is 4.74 Å². The number of fused-ring (bicyclic) bond motifs is 1. The molecule has 7 heteroatoms. The minimum Gasteiger partial charge on any atom is -0.486 e. The Labute approximate surface area is 113 Å². The Balaban J connectivity index is 2.11. The van der Waals surface area contributed by atoms with Gasteiger partial charge in [-0.2, -0.15) is 8.42 Å². The molecule has 0 spiro atoms. The first kappa shape index (κ1) is 13.1. The molecule has 1 aromatic carbocycles. The lowest BCUT2D eigenvalue weighted by Gasteiger charge is -2.09. The predicted octanol–water partition coefficient (Wildman–Crippen LogP) is 2.38.